The third kappa shape index (κ3) is 4.76. The minimum Gasteiger partial charge on any atom is -0.368 e. The first-order valence-corrected chi connectivity index (χ1v) is 12.5. The number of nitrogens with zero attached hydrogens (tertiary/aromatic N) is 1. The van der Waals surface area contributed by atoms with Gasteiger partial charge >= 0.3 is 0 Å². The number of amides is 1. The van der Waals surface area contributed by atoms with Crippen molar-refractivity contribution >= 4 is 21.5 Å². The summed E-state index contributed by atoms with van der Waals surface area (Å²) in [5.74, 6) is -10.5. The Bertz CT molecular complexity index is 1130. The fourth-order valence-electron chi connectivity index (χ4n) is 4.57. The number of hydrogen-bond donors (Lipinski definition) is 1. The van der Waals surface area contributed by atoms with Crippen molar-refractivity contribution in [3.63, 3.8) is 0 Å². The second-order valence-electron chi connectivity index (χ2n) is 8.75. The van der Waals surface area contributed by atoms with Gasteiger partial charge in [-0.15, -0.1) is 0 Å². The Kier molecular flexibility index (Phi) is 6.36. The lowest BCUT2D eigenvalue weighted by Crippen LogP contribution is -2.54. The highest BCUT2D eigenvalue weighted by Gasteiger charge is 2.59. The number of carbonyl (C=O) groups excluding carboxylic acids is 1. The number of sulfonamides is 1. The minimum atomic E-state index is -4.16. The van der Waals surface area contributed by atoms with Crippen molar-refractivity contribution in [2.45, 2.75) is 42.9 Å². The van der Waals surface area contributed by atoms with E-state index in [9.17, 15) is 26.4 Å². The molecule has 1 aliphatic carbocycles. The summed E-state index contributed by atoms with van der Waals surface area (Å²) < 4.78 is 105. The van der Waals surface area contributed by atoms with E-state index in [0.717, 1.165) is 29.2 Å². The van der Waals surface area contributed by atoms with E-state index in [1.165, 1.54) is 18.2 Å². The van der Waals surface area contributed by atoms with Gasteiger partial charge in [-0.2, -0.15) is 0 Å². The van der Waals surface area contributed by atoms with Crippen LogP contribution in [0.3, 0.4) is 0 Å². The molecule has 2 heterocycles. The molecule has 4 rings (SSSR count). The summed E-state index contributed by atoms with van der Waals surface area (Å²) in [5, 5.41) is 0. The van der Waals surface area contributed by atoms with Crippen LogP contribution in [0.25, 0.3) is 5.57 Å². The van der Waals surface area contributed by atoms with Crippen LogP contribution in [-0.2, 0) is 19.6 Å². The van der Waals surface area contributed by atoms with Crippen LogP contribution < -0.4 is 4.72 Å². The van der Waals surface area contributed by atoms with Gasteiger partial charge in [0.25, 0.3) is 17.8 Å². The first-order valence-electron chi connectivity index (χ1n) is 10.6. The van der Waals surface area contributed by atoms with E-state index < -0.39 is 76.2 Å². The number of rotatable bonds is 6. The molecule has 0 bridgehead atoms. The lowest BCUT2D eigenvalue weighted by Gasteiger charge is -2.37. The number of alkyl halides is 4. The molecule has 0 radical (unpaired) electrons. The Balaban J connectivity index is 1.67. The molecule has 2 aliphatic heterocycles. The summed E-state index contributed by atoms with van der Waals surface area (Å²) in [6, 6.07) is 0.968. The number of benzene rings is 1. The smallest absolute Gasteiger partial charge is 0.283 e. The van der Waals surface area contributed by atoms with Crippen LogP contribution in [0.5, 0.6) is 0 Å². The number of likely N-dealkylation sites (tertiary alicyclic amines) is 1. The monoisotopic (exact) mass is 506 g/mol. The maximum absolute atomic E-state index is 15.5. The van der Waals surface area contributed by atoms with Gasteiger partial charge in [0, 0.05) is 17.9 Å². The molecule has 0 saturated carbocycles. The molecule has 34 heavy (non-hydrogen) atoms. The molecule has 1 aromatic carbocycles. The quantitative estimate of drug-likeness (QED) is 0.603. The first-order chi connectivity index (χ1) is 15.8. The summed E-state index contributed by atoms with van der Waals surface area (Å²) in [7, 11) is -4.16. The van der Waals surface area contributed by atoms with Gasteiger partial charge in [0.2, 0.25) is 10.0 Å². The van der Waals surface area contributed by atoms with Gasteiger partial charge in [-0.3, -0.25) is 4.79 Å². The van der Waals surface area contributed by atoms with Crippen molar-refractivity contribution in [2.24, 2.45) is 5.92 Å². The van der Waals surface area contributed by atoms with E-state index in [-0.39, 0.29) is 12.2 Å². The van der Waals surface area contributed by atoms with E-state index in [4.69, 9.17) is 4.74 Å². The number of nitrogens with one attached hydrogen (secondary N) is 1. The van der Waals surface area contributed by atoms with Crippen LogP contribution in [0.2, 0.25) is 0 Å². The van der Waals surface area contributed by atoms with Crippen molar-refractivity contribution in [1.29, 1.82) is 0 Å². The SMILES string of the molecule is CS(=O)(=O)N[C@@H]1[C@H](CC2C=CC=C(c3cccc(F)c3)C2(F)F)N(C(=O)[C@H]2CCO2)CC1(F)F. The molecule has 1 amide bonds. The maximum atomic E-state index is 15.5. The van der Waals surface area contributed by atoms with Crippen molar-refractivity contribution < 1.29 is 39.9 Å². The predicted octanol–water partition coefficient (Wildman–Crippen LogP) is 2.97. The highest BCUT2D eigenvalue weighted by atomic mass is 32.2. The van der Waals surface area contributed by atoms with E-state index in [1.54, 1.807) is 0 Å². The van der Waals surface area contributed by atoms with Crippen molar-refractivity contribution in [3.05, 3.63) is 53.9 Å². The summed E-state index contributed by atoms with van der Waals surface area (Å²) in [5.41, 5.74) is -0.574. The summed E-state index contributed by atoms with van der Waals surface area (Å²) in [6.45, 7) is -0.861. The Morgan fingerprint density at radius 2 is 1.97 bits per heavy atom. The van der Waals surface area contributed by atoms with E-state index in [0.29, 0.717) is 12.7 Å². The van der Waals surface area contributed by atoms with Crippen LogP contribution in [0, 0.1) is 11.7 Å². The highest BCUT2D eigenvalue weighted by molar-refractivity contribution is 7.88. The van der Waals surface area contributed by atoms with Crippen LogP contribution in [-0.4, -0.2) is 68.7 Å². The third-order valence-electron chi connectivity index (χ3n) is 6.28. The van der Waals surface area contributed by atoms with Crippen molar-refractivity contribution in [3.8, 4) is 0 Å². The van der Waals surface area contributed by atoms with Gasteiger partial charge in [-0.05, 0) is 24.1 Å². The number of ether oxygens (including phenoxy) is 1. The molecule has 3 aliphatic rings. The second kappa shape index (κ2) is 8.72. The Morgan fingerprint density at radius 1 is 1.26 bits per heavy atom. The van der Waals surface area contributed by atoms with Gasteiger partial charge in [0.15, 0.2) is 0 Å². The van der Waals surface area contributed by atoms with Gasteiger partial charge in [-0.1, -0.05) is 30.4 Å². The first kappa shape index (κ1) is 24.8. The van der Waals surface area contributed by atoms with Gasteiger partial charge in [0.05, 0.1) is 25.4 Å². The zero-order chi connectivity index (χ0) is 24.9. The van der Waals surface area contributed by atoms with Crippen LogP contribution >= 0.6 is 0 Å². The molecule has 2 fully saturated rings. The van der Waals surface area contributed by atoms with Gasteiger partial charge in [0.1, 0.15) is 18.0 Å². The molecule has 6 nitrogen and oxygen atoms in total. The Morgan fingerprint density at radius 3 is 2.56 bits per heavy atom. The standard InChI is InChI=1S/C22H23F5N2O4S/c1-34(31,32)28-19-17(29(12-21(19,24)25)20(30)18-8-9-33-18)11-14-5-3-7-16(22(14,26)27)13-4-2-6-15(23)10-13/h2-7,10,14,17-19,28H,8-9,11-12H2,1H3/t14?,17-,18+,19+/m0/s1. The molecule has 0 spiro atoms. The average molecular weight is 506 g/mol. The molecule has 1 N–H and O–H groups in total. The van der Waals surface area contributed by atoms with Crippen LogP contribution in [0.15, 0.2) is 42.5 Å². The highest BCUT2D eigenvalue weighted by Crippen LogP contribution is 2.46. The van der Waals surface area contributed by atoms with Gasteiger partial charge < -0.3 is 9.64 Å². The van der Waals surface area contributed by atoms with Gasteiger partial charge in [-0.25, -0.2) is 35.1 Å². The Labute approximate surface area is 193 Å². The van der Waals surface area contributed by atoms with E-state index in [1.807, 2.05) is 4.72 Å². The third-order valence-corrected chi connectivity index (χ3v) is 6.96. The number of carbonyl (C=O) groups is 1. The topological polar surface area (TPSA) is 75.7 Å². The van der Waals surface area contributed by atoms with Crippen LogP contribution in [0.1, 0.15) is 18.4 Å². The van der Waals surface area contributed by atoms with E-state index in [2.05, 4.69) is 0 Å². The summed E-state index contributed by atoms with van der Waals surface area (Å²) >= 11 is 0. The van der Waals surface area contributed by atoms with Crippen molar-refractivity contribution in [2.75, 3.05) is 19.4 Å². The fourth-order valence-corrected chi connectivity index (χ4v) is 5.36. The number of allylic oxidation sites excluding steroid dienone is 4. The molecular formula is C22H23F5N2O4S. The molecule has 4 atom stereocenters. The number of hydrogen-bond acceptors (Lipinski definition) is 4. The maximum Gasteiger partial charge on any atom is 0.283 e. The normalized spacial score (nSPS) is 30.1. The molecule has 1 aromatic rings. The summed E-state index contributed by atoms with van der Waals surface area (Å²) in [4.78, 5) is 13.5. The second-order valence-corrected chi connectivity index (χ2v) is 10.5. The zero-order valence-electron chi connectivity index (χ0n) is 18.1. The molecule has 2 saturated heterocycles. The average Bonchev–Trinajstić information content (AvgIpc) is 2.91. The predicted molar refractivity (Wildman–Crippen MR) is 113 cm³/mol. The zero-order valence-corrected chi connectivity index (χ0v) is 18.9. The lowest BCUT2D eigenvalue weighted by molar-refractivity contribution is -0.158. The molecular weight excluding hydrogens is 483 g/mol. The van der Waals surface area contributed by atoms with Crippen molar-refractivity contribution in [1.82, 2.24) is 9.62 Å². The molecule has 12 heteroatoms. The minimum absolute atomic E-state index is 0.0716. The number of halogens is 5. The van der Waals surface area contributed by atoms with Crippen LogP contribution in [0.4, 0.5) is 22.0 Å². The van der Waals surface area contributed by atoms with E-state index >= 15 is 8.78 Å². The lowest BCUT2D eigenvalue weighted by atomic mass is 9.81. The molecule has 1 unspecified atom stereocenters. The fraction of sp³-hybridized carbons (Fsp3) is 0.500. The Hall–Kier alpha value is -2.31. The summed E-state index contributed by atoms with van der Waals surface area (Å²) in [6.07, 6.45) is 2.90. The molecule has 186 valence electrons. The largest absolute Gasteiger partial charge is 0.368 e. The molecule has 0 aromatic heterocycles.